The highest BCUT2D eigenvalue weighted by atomic mass is 127. The topological polar surface area (TPSA) is 86.1 Å². The number of carboxylic acids is 1. The Balaban J connectivity index is 0.00000154. The average molecular weight is 992 g/mol. The van der Waals surface area contributed by atoms with Gasteiger partial charge in [-0.1, -0.05) is 48.2 Å². The van der Waals surface area contributed by atoms with E-state index in [1.54, 1.807) is 30.0 Å². The quantitative estimate of drug-likeness (QED) is 0.0773. The summed E-state index contributed by atoms with van der Waals surface area (Å²) in [7, 11) is 2.41. The van der Waals surface area contributed by atoms with Gasteiger partial charge in [-0.15, -0.1) is 0 Å². The molecule has 0 radical (unpaired) electrons. The van der Waals surface area contributed by atoms with Gasteiger partial charge < -0.3 is 96.0 Å². The number of rotatable bonds is 8. The lowest BCUT2D eigenvalue weighted by atomic mass is 9.77. The number of carboxylic acid groups (broad SMARTS) is 1. The number of hydrogen-bond acceptors (Lipinski definition) is 5. The number of nitrogens with zero attached hydrogens (tertiary/aromatic N) is 5. The highest BCUT2D eigenvalue weighted by molar-refractivity contribution is 7.98. The Kier molecular flexibility index (Phi) is 11.4. The van der Waals surface area contributed by atoms with Gasteiger partial charge in [-0.25, -0.2) is 9.36 Å². The maximum atomic E-state index is 12.8. The number of thiazole rings is 1. The molecule has 14 heteroatoms. The van der Waals surface area contributed by atoms with Crippen molar-refractivity contribution >= 4 is 45.4 Å². The predicted octanol–water partition coefficient (Wildman–Crippen LogP) is -6.49. The Hall–Kier alpha value is -0.510. The van der Waals surface area contributed by atoms with Gasteiger partial charge >= 0.3 is 5.97 Å². The fourth-order valence-electron chi connectivity index (χ4n) is 7.95. The maximum absolute atomic E-state index is 12.8. The standard InChI is InChI=1S/C31H39N5O4S2.3HI/c1-19-24(27(31(39)40)34-26(19)25(20(2)37)28(34)38)23-16-33-18-32(29(41-4)30(33)42-23)15-21-6-5-7-22(14-21)17-36-11-8-35(3,9-12-36)10-13-36;;;/h5-7,14,16,18-20,25-26,37H,8-13,15,17H2,1-4H3;3*1H/q+2;;;/p-2/t19-,20+,25+,26+,35?,36?;;;/m0.../s1. The van der Waals surface area contributed by atoms with Crippen LogP contribution >= 0.6 is 23.1 Å². The molecular formula is C31H40I3N5O4S2. The highest BCUT2D eigenvalue weighted by Crippen LogP contribution is 2.51. The second-order valence-corrected chi connectivity index (χ2v) is 15.0. The molecule has 7 heterocycles. The first-order valence-corrected chi connectivity index (χ1v) is 16.9. The third-order valence-corrected chi connectivity index (χ3v) is 12.5. The number of carbonyl (C=O) groups excluding carboxylic acids is 1. The molecule has 0 saturated carbocycles. The molecule has 4 atom stereocenters. The molecule has 45 heavy (non-hydrogen) atoms. The van der Waals surface area contributed by atoms with E-state index >= 15 is 0 Å². The van der Waals surface area contributed by atoms with Crippen LogP contribution in [0, 0.1) is 11.8 Å². The summed E-state index contributed by atoms with van der Waals surface area (Å²) < 4.78 is 6.84. The number of aromatic nitrogens is 2. The van der Waals surface area contributed by atoms with Gasteiger partial charge in [0.15, 0.2) is 0 Å². The molecule has 2 N–H and O–H groups in total. The van der Waals surface area contributed by atoms with Crippen molar-refractivity contribution in [1.82, 2.24) is 9.30 Å². The van der Waals surface area contributed by atoms with Gasteiger partial charge in [0.1, 0.15) is 64.3 Å². The van der Waals surface area contributed by atoms with Crippen LogP contribution < -0.4 is 76.5 Å². The fourth-order valence-corrected chi connectivity index (χ4v) is 10.1. The lowest BCUT2D eigenvalue weighted by molar-refractivity contribution is -1.08. The van der Waals surface area contributed by atoms with Crippen molar-refractivity contribution in [2.75, 3.05) is 52.6 Å². The number of likely N-dealkylation sites (N-methyl/N-ethyl adjacent to an activating group) is 1. The molecule has 5 aliphatic heterocycles. The largest absolute Gasteiger partial charge is 1.00 e. The number of halogens is 3. The summed E-state index contributed by atoms with van der Waals surface area (Å²) in [4.78, 5) is 28.5. The molecule has 0 aliphatic carbocycles. The van der Waals surface area contributed by atoms with Crippen LogP contribution in [0.3, 0.4) is 0 Å². The average Bonchev–Trinajstić information content (AvgIpc) is 3.56. The van der Waals surface area contributed by atoms with Gasteiger partial charge in [0.25, 0.3) is 6.33 Å². The number of aliphatic carboxylic acids is 1. The van der Waals surface area contributed by atoms with Crippen LogP contribution in [-0.4, -0.2) is 105 Å². The second-order valence-electron chi connectivity index (χ2n) is 13.2. The summed E-state index contributed by atoms with van der Waals surface area (Å²) >= 11 is 3.26. The van der Waals surface area contributed by atoms with E-state index in [1.807, 2.05) is 13.1 Å². The minimum atomic E-state index is -1.09. The van der Waals surface area contributed by atoms with Crippen LogP contribution in [0.2, 0.25) is 0 Å². The maximum Gasteiger partial charge on any atom is 0.352 e. The van der Waals surface area contributed by atoms with Crippen molar-refractivity contribution in [2.24, 2.45) is 11.8 Å². The van der Waals surface area contributed by atoms with Gasteiger partial charge in [0.2, 0.25) is 15.8 Å². The molecule has 1 amide bonds. The van der Waals surface area contributed by atoms with E-state index in [-0.39, 0.29) is 95.5 Å². The normalized spacial score (nSPS) is 29.0. The number of hydrogen-bond donors (Lipinski definition) is 2. The van der Waals surface area contributed by atoms with Crippen LogP contribution in [-0.2, 0) is 22.7 Å². The summed E-state index contributed by atoms with van der Waals surface area (Å²) in [6.45, 7) is 13.1. The smallest absolute Gasteiger partial charge is 0.352 e. The number of amides is 1. The summed E-state index contributed by atoms with van der Waals surface area (Å²) in [5, 5.41) is 21.4. The Labute approximate surface area is 323 Å². The lowest BCUT2D eigenvalue weighted by Gasteiger charge is -2.54. The minimum Gasteiger partial charge on any atom is -1.00 e. The summed E-state index contributed by atoms with van der Waals surface area (Å²) in [6.07, 6.45) is 5.37. The van der Waals surface area contributed by atoms with E-state index in [1.165, 1.54) is 64.3 Å². The summed E-state index contributed by atoms with van der Waals surface area (Å²) in [5.74, 6) is -2.14. The van der Waals surface area contributed by atoms with Crippen LogP contribution in [0.15, 0.2) is 47.5 Å². The molecule has 9 nitrogen and oxygen atoms in total. The number of quaternary nitrogens is 2. The Morgan fingerprint density at radius 2 is 1.78 bits per heavy atom. The van der Waals surface area contributed by atoms with Crippen molar-refractivity contribution in [3.63, 3.8) is 0 Å². The number of aliphatic hydroxyl groups is 1. The van der Waals surface area contributed by atoms with Crippen LogP contribution in [0.1, 0.15) is 29.9 Å². The van der Waals surface area contributed by atoms with E-state index < -0.39 is 18.0 Å². The minimum absolute atomic E-state index is 0. The number of carbonyl (C=O) groups is 2. The first-order chi connectivity index (χ1) is 20.0. The number of aliphatic hydroxyl groups excluding tert-OH is 1. The van der Waals surface area contributed by atoms with Crippen molar-refractivity contribution in [1.29, 1.82) is 0 Å². The molecule has 5 aliphatic rings. The number of piperazine rings is 3. The van der Waals surface area contributed by atoms with Gasteiger partial charge in [-0.2, -0.15) is 4.40 Å². The molecule has 0 spiro atoms. The molecule has 4 saturated heterocycles. The zero-order valence-electron chi connectivity index (χ0n) is 25.8. The van der Waals surface area contributed by atoms with E-state index in [0.29, 0.717) is 5.57 Å². The van der Waals surface area contributed by atoms with Crippen molar-refractivity contribution < 1.29 is 105 Å². The molecule has 2 aromatic heterocycles. The third kappa shape index (κ3) is 6.24. The van der Waals surface area contributed by atoms with E-state index in [9.17, 15) is 19.8 Å². The monoisotopic (exact) mass is 991 g/mol. The second kappa shape index (κ2) is 13.8. The lowest BCUT2D eigenvalue weighted by Crippen LogP contribution is -3.00. The number of thioether (sulfide) groups is 1. The predicted molar refractivity (Wildman–Crippen MR) is 162 cm³/mol. The van der Waals surface area contributed by atoms with Crippen molar-refractivity contribution in [2.45, 2.75) is 44.1 Å². The Morgan fingerprint density at radius 3 is 2.38 bits per heavy atom. The van der Waals surface area contributed by atoms with Crippen LogP contribution in [0.4, 0.5) is 0 Å². The van der Waals surface area contributed by atoms with E-state index in [2.05, 4.69) is 52.9 Å². The SMILES string of the molecule is CSc1c2sc(C3=C(C(=O)O)N4C(=O)[C@H]([C@@H](C)O)[C@H]4[C@H]3C)cn2c[n+]1Cc1cccc(C[N+]23CC[N+](C)(CC2)CC3)c1.[I-].[I-].[I-]. The third-order valence-electron chi connectivity index (χ3n) is 10.4. The summed E-state index contributed by atoms with van der Waals surface area (Å²) in [6, 6.07) is 8.75. The van der Waals surface area contributed by atoms with E-state index in [0.717, 1.165) is 27.8 Å². The zero-order valence-corrected chi connectivity index (χ0v) is 33.9. The Morgan fingerprint density at radius 1 is 1.13 bits per heavy atom. The van der Waals surface area contributed by atoms with E-state index in [4.69, 9.17) is 0 Å². The van der Waals surface area contributed by atoms with Crippen molar-refractivity contribution in [3.05, 3.63) is 58.5 Å². The first kappa shape index (κ1) is 37.3. The molecule has 2 bridgehead atoms. The van der Waals surface area contributed by atoms with Crippen LogP contribution in [0.25, 0.3) is 10.4 Å². The molecule has 8 rings (SSSR count). The fraction of sp³-hybridized carbons (Fsp3) is 0.516. The van der Waals surface area contributed by atoms with Gasteiger partial charge in [0, 0.05) is 17.1 Å². The summed E-state index contributed by atoms with van der Waals surface area (Å²) in [5.41, 5.74) is 3.45. The molecule has 4 fully saturated rings. The van der Waals surface area contributed by atoms with Gasteiger partial charge in [-0.05, 0) is 24.8 Å². The molecule has 1 aromatic carbocycles. The Bertz CT molecular complexity index is 1630. The molecule has 0 unspecified atom stereocenters. The number of fused-ring (bicyclic) bond motifs is 5. The number of imidazole rings is 1. The number of β-lactam (4-membered cyclic amide) rings is 1. The molecular weight excluding hydrogens is 951 g/mol. The molecule has 246 valence electrons. The van der Waals surface area contributed by atoms with Crippen LogP contribution in [0.5, 0.6) is 0 Å². The van der Waals surface area contributed by atoms with Gasteiger partial charge in [0.05, 0.1) is 30.0 Å². The highest BCUT2D eigenvalue weighted by Gasteiger charge is 2.60. The first-order valence-electron chi connectivity index (χ1n) is 14.9. The van der Waals surface area contributed by atoms with Crippen molar-refractivity contribution in [3.8, 4) is 0 Å². The zero-order chi connectivity index (χ0) is 29.6. The van der Waals surface area contributed by atoms with Gasteiger partial charge in [-0.3, -0.25) is 4.79 Å². The molecule has 3 aromatic rings. The number of benzene rings is 1.